The van der Waals surface area contributed by atoms with Crippen molar-refractivity contribution in [3.05, 3.63) is 12.7 Å². The fourth-order valence-corrected chi connectivity index (χ4v) is 3.99. The molecule has 0 saturated carbocycles. The van der Waals surface area contributed by atoms with Crippen LogP contribution in [0.15, 0.2) is 12.7 Å². The van der Waals surface area contributed by atoms with Gasteiger partial charge in [-0.25, -0.2) is 4.57 Å². The highest BCUT2D eigenvalue weighted by Crippen LogP contribution is 2.43. The lowest BCUT2D eigenvalue weighted by Gasteiger charge is -2.20. The third kappa shape index (κ3) is 21.9. The molecule has 0 aromatic carbocycles. The Morgan fingerprint density at radius 3 is 2.03 bits per heavy atom. The van der Waals surface area contributed by atoms with Crippen LogP contribution >= 0.6 is 7.82 Å². The molecule has 0 spiro atoms. The van der Waals surface area contributed by atoms with E-state index in [-0.39, 0.29) is 19.4 Å². The van der Waals surface area contributed by atoms with Gasteiger partial charge in [0.2, 0.25) is 0 Å². The first-order valence-corrected chi connectivity index (χ1v) is 14.6. The summed E-state index contributed by atoms with van der Waals surface area (Å²) < 4.78 is 31.9. The summed E-state index contributed by atoms with van der Waals surface area (Å²) in [4.78, 5) is 34.0. The molecule has 212 valence electrons. The van der Waals surface area contributed by atoms with Crippen LogP contribution in [0, 0.1) is 0 Å². The van der Waals surface area contributed by atoms with Gasteiger partial charge in [0.15, 0.2) is 6.10 Å². The summed E-state index contributed by atoms with van der Waals surface area (Å²) in [7, 11) is -4.58. The van der Waals surface area contributed by atoms with Crippen molar-refractivity contribution in [2.45, 2.75) is 109 Å². The highest BCUT2D eigenvalue weighted by Gasteiger charge is 2.27. The van der Waals surface area contributed by atoms with Gasteiger partial charge in [-0.15, -0.1) is 6.58 Å². The molecule has 0 aliphatic carbocycles. The molecule has 0 aliphatic heterocycles. The number of aliphatic hydroxyl groups is 2. The van der Waals surface area contributed by atoms with Gasteiger partial charge in [0.1, 0.15) is 12.7 Å². The first kappa shape index (κ1) is 34.7. The maximum absolute atomic E-state index is 12.3. The summed E-state index contributed by atoms with van der Waals surface area (Å²) in [6, 6.07) is 0. The summed E-state index contributed by atoms with van der Waals surface area (Å²) in [5.41, 5.74) is 0. The van der Waals surface area contributed by atoms with Crippen molar-refractivity contribution in [1.82, 2.24) is 0 Å². The predicted octanol–water partition coefficient (Wildman–Crippen LogP) is 4.60. The number of carbonyl (C=O) groups is 2. The second-order valence-electron chi connectivity index (χ2n) is 8.80. The zero-order chi connectivity index (χ0) is 27.1. The summed E-state index contributed by atoms with van der Waals surface area (Å²) in [6.07, 6.45) is 11.7. The predicted molar refractivity (Wildman–Crippen MR) is 136 cm³/mol. The van der Waals surface area contributed by atoms with E-state index in [1.165, 1.54) is 6.42 Å². The molecule has 0 radical (unpaired) electrons. The Balaban J connectivity index is 4.51. The second-order valence-corrected chi connectivity index (χ2v) is 10.3. The molecule has 10 nitrogen and oxygen atoms in total. The third-order valence-corrected chi connectivity index (χ3v) is 6.27. The highest BCUT2D eigenvalue weighted by atomic mass is 31.2. The van der Waals surface area contributed by atoms with Crippen LogP contribution in [0.4, 0.5) is 0 Å². The van der Waals surface area contributed by atoms with Crippen LogP contribution in [0.25, 0.3) is 0 Å². The van der Waals surface area contributed by atoms with Gasteiger partial charge in [-0.05, 0) is 25.7 Å². The van der Waals surface area contributed by atoms with E-state index in [2.05, 4.69) is 18.0 Å². The van der Waals surface area contributed by atoms with E-state index in [0.717, 1.165) is 57.8 Å². The number of hydrogen-bond donors (Lipinski definition) is 3. The molecule has 0 amide bonds. The van der Waals surface area contributed by atoms with Crippen molar-refractivity contribution in [3.63, 3.8) is 0 Å². The van der Waals surface area contributed by atoms with Crippen LogP contribution in [-0.4, -0.2) is 65.7 Å². The van der Waals surface area contributed by atoms with Crippen LogP contribution in [-0.2, 0) is 32.7 Å². The molecule has 36 heavy (non-hydrogen) atoms. The Labute approximate surface area is 216 Å². The Hall–Kier alpha value is -1.29. The standard InChI is InChI=1S/C25H47O10P/c1-3-5-7-9-10-11-12-13-15-17-25(29)35-23(20-32-24(28)16-14-8-6-4-2)21-34-36(30,31)33-19-22(27)18-26/h3,22-23,26-27H,1,4-21H2,2H3,(H,30,31)/t22-,23+/m0/s1. The largest absolute Gasteiger partial charge is 0.472 e. The second kappa shape index (κ2) is 22.9. The van der Waals surface area contributed by atoms with E-state index in [4.69, 9.17) is 19.1 Å². The number of carbonyl (C=O) groups excluding carboxylic acids is 2. The Bertz CT molecular complexity index is 628. The lowest BCUT2D eigenvalue weighted by atomic mass is 10.1. The van der Waals surface area contributed by atoms with E-state index in [9.17, 15) is 24.2 Å². The molecule has 1 unspecified atom stereocenters. The maximum atomic E-state index is 12.3. The van der Waals surface area contributed by atoms with Gasteiger partial charge >= 0.3 is 19.8 Å². The lowest BCUT2D eigenvalue weighted by Crippen LogP contribution is -2.29. The zero-order valence-electron chi connectivity index (χ0n) is 21.8. The maximum Gasteiger partial charge on any atom is 0.472 e. The van der Waals surface area contributed by atoms with Crippen LogP contribution in [0.2, 0.25) is 0 Å². The van der Waals surface area contributed by atoms with Crippen molar-refractivity contribution in [1.29, 1.82) is 0 Å². The number of allylic oxidation sites excluding steroid dienone is 1. The Morgan fingerprint density at radius 2 is 1.42 bits per heavy atom. The third-order valence-electron chi connectivity index (χ3n) is 5.32. The number of phosphoric acid groups is 1. The van der Waals surface area contributed by atoms with Gasteiger partial charge in [-0.2, -0.15) is 0 Å². The molecule has 11 heteroatoms. The minimum absolute atomic E-state index is 0.175. The molecule has 0 fully saturated rings. The number of unbranched alkanes of at least 4 members (excludes halogenated alkanes) is 10. The topological polar surface area (TPSA) is 149 Å². The van der Waals surface area contributed by atoms with E-state index < -0.39 is 51.8 Å². The fourth-order valence-electron chi connectivity index (χ4n) is 3.20. The van der Waals surface area contributed by atoms with Crippen LogP contribution in [0.3, 0.4) is 0 Å². The Kier molecular flexibility index (Phi) is 22.1. The summed E-state index contributed by atoms with van der Waals surface area (Å²) in [6.45, 7) is 3.65. The van der Waals surface area contributed by atoms with Crippen molar-refractivity contribution in [3.8, 4) is 0 Å². The number of rotatable bonds is 25. The molecule has 0 bridgehead atoms. The average Bonchev–Trinajstić information content (AvgIpc) is 2.85. The van der Waals surface area contributed by atoms with Gasteiger partial charge < -0.3 is 24.6 Å². The monoisotopic (exact) mass is 538 g/mol. The minimum Gasteiger partial charge on any atom is -0.462 e. The van der Waals surface area contributed by atoms with Gasteiger partial charge in [0, 0.05) is 12.8 Å². The molecule has 0 aromatic heterocycles. The first-order chi connectivity index (χ1) is 17.2. The average molecular weight is 539 g/mol. The molecular weight excluding hydrogens is 491 g/mol. The van der Waals surface area contributed by atoms with Crippen molar-refractivity contribution < 1.29 is 47.8 Å². The molecule has 0 heterocycles. The Morgan fingerprint density at radius 1 is 0.861 bits per heavy atom. The number of aliphatic hydroxyl groups excluding tert-OH is 2. The van der Waals surface area contributed by atoms with Crippen LogP contribution < -0.4 is 0 Å². The smallest absolute Gasteiger partial charge is 0.462 e. The molecule has 0 aliphatic rings. The number of ether oxygens (including phenoxy) is 2. The molecule has 3 atom stereocenters. The quantitative estimate of drug-likeness (QED) is 0.0652. The van der Waals surface area contributed by atoms with Gasteiger partial charge in [-0.3, -0.25) is 18.6 Å². The van der Waals surface area contributed by atoms with E-state index in [0.29, 0.717) is 12.8 Å². The van der Waals surface area contributed by atoms with Crippen molar-refractivity contribution in [2.75, 3.05) is 26.4 Å². The summed E-state index contributed by atoms with van der Waals surface area (Å²) in [5, 5.41) is 18.0. The molecule has 3 N–H and O–H groups in total. The van der Waals surface area contributed by atoms with Gasteiger partial charge in [0.05, 0.1) is 19.8 Å². The summed E-state index contributed by atoms with van der Waals surface area (Å²) in [5.74, 6) is -0.965. The molecule has 0 rings (SSSR count). The van der Waals surface area contributed by atoms with E-state index in [1.807, 2.05) is 6.08 Å². The molecule has 0 aromatic rings. The van der Waals surface area contributed by atoms with E-state index in [1.54, 1.807) is 0 Å². The number of hydrogen-bond acceptors (Lipinski definition) is 9. The minimum atomic E-state index is -4.58. The molecule has 0 saturated heterocycles. The molecular formula is C25H47O10P. The fraction of sp³-hybridized carbons (Fsp3) is 0.840. The zero-order valence-corrected chi connectivity index (χ0v) is 22.7. The number of phosphoric ester groups is 1. The highest BCUT2D eigenvalue weighted by molar-refractivity contribution is 7.47. The van der Waals surface area contributed by atoms with Crippen LogP contribution in [0.5, 0.6) is 0 Å². The summed E-state index contributed by atoms with van der Waals surface area (Å²) >= 11 is 0. The van der Waals surface area contributed by atoms with Crippen molar-refractivity contribution >= 4 is 19.8 Å². The SMILES string of the molecule is C=CCCCCCCCCCC(=O)O[C@H](COC(=O)CCCCCC)COP(=O)(O)OC[C@@H](O)CO. The normalized spacial score (nSPS) is 14.6. The lowest BCUT2D eigenvalue weighted by molar-refractivity contribution is -0.161. The number of esters is 2. The van der Waals surface area contributed by atoms with Crippen molar-refractivity contribution in [2.24, 2.45) is 0 Å². The van der Waals surface area contributed by atoms with E-state index >= 15 is 0 Å². The van der Waals surface area contributed by atoms with Crippen LogP contribution in [0.1, 0.15) is 96.8 Å². The first-order valence-electron chi connectivity index (χ1n) is 13.1. The van der Waals surface area contributed by atoms with Gasteiger partial charge in [0.25, 0.3) is 0 Å². The van der Waals surface area contributed by atoms with Gasteiger partial charge in [-0.1, -0.05) is 64.4 Å².